The summed E-state index contributed by atoms with van der Waals surface area (Å²) in [5, 5.41) is 6.53. The van der Waals surface area contributed by atoms with Crippen molar-refractivity contribution >= 4 is 35.6 Å². The van der Waals surface area contributed by atoms with Crippen molar-refractivity contribution in [1.82, 2.24) is 10.6 Å². The molecule has 0 radical (unpaired) electrons. The number of morpholine rings is 1. The quantitative estimate of drug-likeness (QED) is 0.289. The fourth-order valence-corrected chi connectivity index (χ4v) is 2.53. The highest BCUT2D eigenvalue weighted by molar-refractivity contribution is 14.0. The maximum absolute atomic E-state index is 5.45. The second kappa shape index (κ2) is 12.3. The molecule has 0 amide bonds. The Hall–Kier alpha value is -1.06. The van der Waals surface area contributed by atoms with E-state index >= 15 is 0 Å². The normalized spacial score (nSPS) is 14.9. The Morgan fingerprint density at radius 1 is 1.25 bits per heavy atom. The highest BCUT2D eigenvalue weighted by Crippen LogP contribution is 2.22. The van der Waals surface area contributed by atoms with Crippen molar-refractivity contribution in [2.75, 3.05) is 58.0 Å². The summed E-state index contributed by atoms with van der Waals surface area (Å²) in [6.07, 6.45) is 0. The molecule has 0 spiro atoms. The van der Waals surface area contributed by atoms with Crippen LogP contribution in [0, 0.1) is 0 Å². The minimum absolute atomic E-state index is 0. The number of nitrogens with zero attached hydrogens (tertiary/aromatic N) is 2. The number of hydrogen-bond donors (Lipinski definition) is 2. The zero-order valence-corrected chi connectivity index (χ0v) is 16.9. The summed E-state index contributed by atoms with van der Waals surface area (Å²) >= 11 is 0. The Balaban J connectivity index is 0.00000288. The second-order valence-electron chi connectivity index (χ2n) is 5.34. The van der Waals surface area contributed by atoms with Crippen LogP contribution in [0.15, 0.2) is 29.3 Å². The topological polar surface area (TPSA) is 58.1 Å². The van der Waals surface area contributed by atoms with Gasteiger partial charge in [0.15, 0.2) is 5.96 Å². The van der Waals surface area contributed by atoms with Gasteiger partial charge in [-0.3, -0.25) is 0 Å². The molecule has 1 aromatic rings. The van der Waals surface area contributed by atoms with E-state index in [2.05, 4.69) is 46.7 Å². The number of ether oxygens (including phenoxy) is 2. The van der Waals surface area contributed by atoms with Gasteiger partial charge < -0.3 is 25.0 Å². The van der Waals surface area contributed by atoms with Gasteiger partial charge in [0.05, 0.1) is 26.4 Å². The number of guanidine groups is 1. The van der Waals surface area contributed by atoms with E-state index < -0.39 is 0 Å². The molecule has 1 aliphatic heterocycles. The Kier molecular flexibility index (Phi) is 10.8. The lowest BCUT2D eigenvalue weighted by molar-refractivity contribution is 0.122. The van der Waals surface area contributed by atoms with E-state index in [-0.39, 0.29) is 24.0 Å². The number of aliphatic imine (C=N–C) groups is 1. The third kappa shape index (κ3) is 6.82. The predicted molar refractivity (Wildman–Crippen MR) is 110 cm³/mol. The van der Waals surface area contributed by atoms with Gasteiger partial charge in [-0.2, -0.15) is 0 Å². The summed E-state index contributed by atoms with van der Waals surface area (Å²) in [6.45, 7) is 8.41. The lowest BCUT2D eigenvalue weighted by Gasteiger charge is -2.30. The molecule has 7 heteroatoms. The number of hydrogen-bond acceptors (Lipinski definition) is 4. The SMILES string of the molecule is CCNC(=NCc1ccccc1N1CCOCC1)NCCOC.I. The molecule has 1 aromatic carbocycles. The van der Waals surface area contributed by atoms with Crippen molar-refractivity contribution in [3.63, 3.8) is 0 Å². The Bertz CT molecular complexity index is 493. The summed E-state index contributed by atoms with van der Waals surface area (Å²) in [7, 11) is 1.70. The van der Waals surface area contributed by atoms with E-state index in [1.54, 1.807) is 7.11 Å². The van der Waals surface area contributed by atoms with E-state index in [0.717, 1.165) is 45.4 Å². The molecule has 0 aromatic heterocycles. The molecule has 0 aliphatic carbocycles. The molecule has 6 nitrogen and oxygen atoms in total. The molecule has 0 atom stereocenters. The van der Waals surface area contributed by atoms with Gasteiger partial charge in [0, 0.05) is 39.0 Å². The van der Waals surface area contributed by atoms with Gasteiger partial charge in [-0.25, -0.2) is 4.99 Å². The second-order valence-corrected chi connectivity index (χ2v) is 5.34. The third-order valence-electron chi connectivity index (χ3n) is 3.69. The summed E-state index contributed by atoms with van der Waals surface area (Å²) in [6, 6.07) is 8.47. The first kappa shape index (κ1) is 21.0. The fraction of sp³-hybridized carbons (Fsp3) is 0.588. The number of halogens is 1. The molecular formula is C17H29IN4O2. The van der Waals surface area contributed by atoms with Crippen molar-refractivity contribution in [2.24, 2.45) is 4.99 Å². The van der Waals surface area contributed by atoms with Crippen LogP contribution in [0.5, 0.6) is 0 Å². The number of anilines is 1. The zero-order chi connectivity index (χ0) is 16.3. The van der Waals surface area contributed by atoms with E-state index in [1.807, 2.05) is 0 Å². The minimum Gasteiger partial charge on any atom is -0.383 e. The van der Waals surface area contributed by atoms with Crippen LogP contribution in [0.4, 0.5) is 5.69 Å². The standard InChI is InChI=1S/C17H28N4O2.HI/c1-3-18-17(19-8-11-22-2)20-14-15-6-4-5-7-16(15)21-9-12-23-13-10-21;/h4-7H,3,8-14H2,1-2H3,(H2,18,19,20);1H. The van der Waals surface area contributed by atoms with E-state index in [0.29, 0.717) is 13.2 Å². The third-order valence-corrected chi connectivity index (χ3v) is 3.69. The van der Waals surface area contributed by atoms with Crippen molar-refractivity contribution in [3.05, 3.63) is 29.8 Å². The molecule has 0 unspecified atom stereocenters. The average molecular weight is 448 g/mol. The number of para-hydroxylation sites is 1. The van der Waals surface area contributed by atoms with Gasteiger partial charge in [-0.1, -0.05) is 18.2 Å². The van der Waals surface area contributed by atoms with Crippen molar-refractivity contribution in [3.8, 4) is 0 Å². The highest BCUT2D eigenvalue weighted by Gasteiger charge is 2.14. The molecule has 1 aliphatic rings. The lowest BCUT2D eigenvalue weighted by Crippen LogP contribution is -2.39. The number of benzene rings is 1. The van der Waals surface area contributed by atoms with E-state index in [1.165, 1.54) is 11.3 Å². The smallest absolute Gasteiger partial charge is 0.191 e. The lowest BCUT2D eigenvalue weighted by atomic mass is 10.1. The number of rotatable bonds is 7. The molecule has 2 N–H and O–H groups in total. The largest absolute Gasteiger partial charge is 0.383 e. The minimum atomic E-state index is 0. The molecule has 2 rings (SSSR count). The summed E-state index contributed by atoms with van der Waals surface area (Å²) in [5.74, 6) is 0.821. The summed E-state index contributed by atoms with van der Waals surface area (Å²) in [5.41, 5.74) is 2.49. The molecule has 1 heterocycles. The molecule has 1 saturated heterocycles. The van der Waals surface area contributed by atoms with Gasteiger partial charge >= 0.3 is 0 Å². The molecule has 136 valence electrons. The first-order chi connectivity index (χ1) is 11.3. The van der Waals surface area contributed by atoms with Gasteiger partial charge in [0.25, 0.3) is 0 Å². The van der Waals surface area contributed by atoms with Crippen molar-refractivity contribution < 1.29 is 9.47 Å². The van der Waals surface area contributed by atoms with Crippen molar-refractivity contribution in [2.45, 2.75) is 13.5 Å². The summed E-state index contributed by atoms with van der Waals surface area (Å²) < 4.78 is 10.5. The monoisotopic (exact) mass is 448 g/mol. The first-order valence-electron chi connectivity index (χ1n) is 8.27. The van der Waals surface area contributed by atoms with Gasteiger partial charge in [0.1, 0.15) is 0 Å². The number of methoxy groups -OCH3 is 1. The molecular weight excluding hydrogens is 419 g/mol. The zero-order valence-electron chi connectivity index (χ0n) is 14.6. The van der Waals surface area contributed by atoms with E-state index in [9.17, 15) is 0 Å². The molecule has 0 saturated carbocycles. The Morgan fingerprint density at radius 3 is 2.71 bits per heavy atom. The Labute approximate surface area is 162 Å². The van der Waals surface area contributed by atoms with Crippen LogP contribution in [0.2, 0.25) is 0 Å². The Morgan fingerprint density at radius 2 is 2.00 bits per heavy atom. The molecule has 24 heavy (non-hydrogen) atoms. The maximum Gasteiger partial charge on any atom is 0.191 e. The van der Waals surface area contributed by atoms with Gasteiger partial charge in [-0.05, 0) is 18.6 Å². The van der Waals surface area contributed by atoms with Crippen LogP contribution in [-0.4, -0.2) is 59.1 Å². The predicted octanol–water partition coefficient (Wildman–Crippen LogP) is 1.84. The fourth-order valence-electron chi connectivity index (χ4n) is 2.53. The van der Waals surface area contributed by atoms with Crippen LogP contribution in [0.1, 0.15) is 12.5 Å². The number of nitrogens with one attached hydrogen (secondary N) is 2. The molecule has 1 fully saturated rings. The molecule has 0 bridgehead atoms. The van der Waals surface area contributed by atoms with Crippen LogP contribution >= 0.6 is 24.0 Å². The van der Waals surface area contributed by atoms with Crippen LogP contribution in [0.3, 0.4) is 0 Å². The van der Waals surface area contributed by atoms with Crippen LogP contribution < -0.4 is 15.5 Å². The first-order valence-corrected chi connectivity index (χ1v) is 8.27. The van der Waals surface area contributed by atoms with E-state index in [4.69, 9.17) is 14.5 Å². The maximum atomic E-state index is 5.45. The highest BCUT2D eigenvalue weighted by atomic mass is 127. The van der Waals surface area contributed by atoms with Crippen molar-refractivity contribution in [1.29, 1.82) is 0 Å². The van der Waals surface area contributed by atoms with Crippen LogP contribution in [-0.2, 0) is 16.0 Å². The average Bonchev–Trinajstić information content (AvgIpc) is 2.61. The van der Waals surface area contributed by atoms with Gasteiger partial charge in [0.2, 0.25) is 0 Å². The van der Waals surface area contributed by atoms with Crippen LogP contribution in [0.25, 0.3) is 0 Å². The summed E-state index contributed by atoms with van der Waals surface area (Å²) in [4.78, 5) is 7.07. The van der Waals surface area contributed by atoms with Gasteiger partial charge in [-0.15, -0.1) is 24.0 Å².